The van der Waals surface area contributed by atoms with Crippen LogP contribution in [0.4, 0.5) is 5.69 Å². The molecule has 1 aliphatic heterocycles. The van der Waals surface area contributed by atoms with Crippen molar-refractivity contribution in [3.8, 4) is 6.07 Å². The number of hydrogen-bond acceptors (Lipinski definition) is 4. The van der Waals surface area contributed by atoms with E-state index in [0.29, 0.717) is 34.3 Å². The summed E-state index contributed by atoms with van der Waals surface area (Å²) in [4.78, 5) is 30.1. The molecule has 0 spiro atoms. The molecule has 178 valence electrons. The molecule has 7 heteroatoms. The Kier molecular flexibility index (Phi) is 7.55. The molecular weight excluding hydrogens is 448 g/mol. The van der Waals surface area contributed by atoms with Crippen molar-refractivity contribution in [3.05, 3.63) is 63.7 Å². The number of hydrogen-bond donors (Lipinski definition) is 1. The largest absolute Gasteiger partial charge is 0.337 e. The molecule has 2 amide bonds. The van der Waals surface area contributed by atoms with Crippen molar-refractivity contribution in [2.24, 2.45) is 5.92 Å². The Morgan fingerprint density at radius 3 is 2.65 bits per heavy atom. The average molecular weight is 479 g/mol. The van der Waals surface area contributed by atoms with Gasteiger partial charge >= 0.3 is 0 Å². The summed E-state index contributed by atoms with van der Waals surface area (Å²) in [6.07, 6.45) is 4.40. The zero-order valence-electron chi connectivity index (χ0n) is 19.8. The number of nitrogens with zero attached hydrogens (tertiary/aromatic N) is 3. The van der Waals surface area contributed by atoms with Gasteiger partial charge in [-0.1, -0.05) is 30.5 Å². The second-order valence-electron chi connectivity index (χ2n) is 9.48. The standard InChI is InChI=1S/C27H31ClN4O2/c1-18-16-31(10-11-32(18)27(34)21-7-3-4-8-21)17-23-13-24(28)14-25(19(23)2)30-26(33)22-9-5-6-20(12-22)15-29/h5-6,9,12-14,18,21H,3-4,7-8,10-11,16-17H2,1-2H3,(H,30,33)/t18-/m0/s1. The highest BCUT2D eigenvalue weighted by Crippen LogP contribution is 2.30. The first kappa shape index (κ1) is 24.3. The lowest BCUT2D eigenvalue weighted by Gasteiger charge is -2.41. The van der Waals surface area contributed by atoms with Crippen molar-refractivity contribution in [1.29, 1.82) is 5.26 Å². The summed E-state index contributed by atoms with van der Waals surface area (Å²) in [6, 6.07) is 12.6. The zero-order chi connectivity index (χ0) is 24.2. The zero-order valence-corrected chi connectivity index (χ0v) is 20.6. The van der Waals surface area contributed by atoms with Crippen LogP contribution in [0.3, 0.4) is 0 Å². The van der Waals surface area contributed by atoms with Crippen molar-refractivity contribution in [2.75, 3.05) is 25.0 Å². The summed E-state index contributed by atoms with van der Waals surface area (Å²) in [5.41, 5.74) is 3.55. The van der Waals surface area contributed by atoms with Crippen molar-refractivity contribution >= 4 is 29.1 Å². The third-order valence-electron chi connectivity index (χ3n) is 7.08. The lowest BCUT2D eigenvalue weighted by Crippen LogP contribution is -2.54. The number of amides is 2. The van der Waals surface area contributed by atoms with E-state index >= 15 is 0 Å². The van der Waals surface area contributed by atoms with Gasteiger partial charge in [0.2, 0.25) is 5.91 Å². The third kappa shape index (κ3) is 5.43. The minimum atomic E-state index is -0.277. The predicted octanol–water partition coefficient (Wildman–Crippen LogP) is 5.00. The van der Waals surface area contributed by atoms with Gasteiger partial charge in [-0.15, -0.1) is 0 Å². The van der Waals surface area contributed by atoms with Crippen LogP contribution in [0, 0.1) is 24.2 Å². The van der Waals surface area contributed by atoms with Gasteiger partial charge in [0.1, 0.15) is 0 Å². The number of piperazine rings is 1. The molecule has 6 nitrogen and oxygen atoms in total. The number of carbonyl (C=O) groups excluding carboxylic acids is 2. The number of benzene rings is 2. The molecule has 34 heavy (non-hydrogen) atoms. The van der Waals surface area contributed by atoms with Gasteiger partial charge in [0.05, 0.1) is 11.6 Å². The Labute approximate surface area is 206 Å². The fraction of sp³-hybridized carbons (Fsp3) is 0.444. The lowest BCUT2D eigenvalue weighted by atomic mass is 10.0. The highest BCUT2D eigenvalue weighted by Gasteiger charge is 2.33. The highest BCUT2D eigenvalue weighted by atomic mass is 35.5. The topological polar surface area (TPSA) is 76.4 Å². The molecule has 1 atom stereocenters. The maximum atomic E-state index is 12.9. The van der Waals surface area contributed by atoms with Crippen LogP contribution >= 0.6 is 11.6 Å². The van der Waals surface area contributed by atoms with E-state index in [9.17, 15) is 9.59 Å². The molecule has 2 aliphatic rings. The molecule has 1 aliphatic carbocycles. The van der Waals surface area contributed by atoms with Crippen LogP contribution in [0.25, 0.3) is 0 Å². The molecule has 4 rings (SSSR count). The van der Waals surface area contributed by atoms with Crippen LogP contribution in [0.5, 0.6) is 0 Å². The van der Waals surface area contributed by atoms with Crippen molar-refractivity contribution in [2.45, 2.75) is 52.1 Å². The number of nitrogens with one attached hydrogen (secondary N) is 1. The first-order valence-corrected chi connectivity index (χ1v) is 12.4. The van der Waals surface area contributed by atoms with Gasteiger partial charge in [-0.25, -0.2) is 0 Å². The van der Waals surface area contributed by atoms with Gasteiger partial charge in [-0.05, 0) is 68.1 Å². The Balaban J connectivity index is 1.43. The van der Waals surface area contributed by atoms with E-state index in [-0.39, 0.29) is 17.9 Å². The maximum absolute atomic E-state index is 12.9. The Hall–Kier alpha value is -2.88. The number of halogens is 1. The number of anilines is 1. The van der Waals surface area contributed by atoms with E-state index in [4.69, 9.17) is 16.9 Å². The predicted molar refractivity (Wildman–Crippen MR) is 134 cm³/mol. The van der Waals surface area contributed by atoms with Crippen LogP contribution < -0.4 is 5.32 Å². The van der Waals surface area contributed by atoms with Crippen LogP contribution in [-0.4, -0.2) is 47.3 Å². The van der Waals surface area contributed by atoms with E-state index in [1.165, 1.54) is 12.8 Å². The summed E-state index contributed by atoms with van der Waals surface area (Å²) >= 11 is 6.42. The van der Waals surface area contributed by atoms with Gasteiger partial charge in [0.15, 0.2) is 0 Å². The molecule has 1 saturated carbocycles. The molecule has 1 saturated heterocycles. The Bertz CT molecular complexity index is 1120. The minimum Gasteiger partial charge on any atom is -0.337 e. The SMILES string of the molecule is Cc1c(CN2CCN(C(=O)C3CCCC3)[C@@H](C)C2)cc(Cl)cc1NC(=O)c1cccc(C#N)c1. The monoisotopic (exact) mass is 478 g/mol. The first-order valence-electron chi connectivity index (χ1n) is 12.0. The maximum Gasteiger partial charge on any atom is 0.255 e. The van der Waals surface area contributed by atoms with Gasteiger partial charge in [0.25, 0.3) is 5.91 Å². The molecule has 0 radical (unpaired) electrons. The molecule has 0 bridgehead atoms. The Morgan fingerprint density at radius 1 is 1.18 bits per heavy atom. The van der Waals surface area contributed by atoms with Gasteiger partial charge in [0, 0.05) is 54.4 Å². The molecule has 1 N–H and O–H groups in total. The van der Waals surface area contributed by atoms with Crippen LogP contribution in [0.15, 0.2) is 36.4 Å². The Morgan fingerprint density at radius 2 is 1.94 bits per heavy atom. The molecule has 0 unspecified atom stereocenters. The number of nitriles is 1. The normalized spacial score (nSPS) is 19.1. The van der Waals surface area contributed by atoms with E-state index in [0.717, 1.165) is 43.6 Å². The summed E-state index contributed by atoms with van der Waals surface area (Å²) < 4.78 is 0. The van der Waals surface area contributed by atoms with Crippen LogP contribution in [0.1, 0.15) is 59.7 Å². The van der Waals surface area contributed by atoms with Gasteiger partial charge in [-0.3, -0.25) is 14.5 Å². The average Bonchev–Trinajstić information content (AvgIpc) is 3.37. The fourth-order valence-corrected chi connectivity index (χ4v) is 5.35. The van der Waals surface area contributed by atoms with Crippen LogP contribution in [0.2, 0.25) is 5.02 Å². The molecule has 2 fully saturated rings. The number of carbonyl (C=O) groups is 2. The lowest BCUT2D eigenvalue weighted by molar-refractivity contribution is -0.140. The molecule has 2 aromatic rings. The van der Waals surface area contributed by atoms with Crippen molar-refractivity contribution in [3.63, 3.8) is 0 Å². The van der Waals surface area contributed by atoms with E-state index in [1.54, 1.807) is 30.3 Å². The summed E-state index contributed by atoms with van der Waals surface area (Å²) in [5.74, 6) is 0.263. The number of rotatable bonds is 5. The molecule has 2 aromatic carbocycles. The minimum absolute atomic E-state index is 0.174. The highest BCUT2D eigenvalue weighted by molar-refractivity contribution is 6.31. The second-order valence-corrected chi connectivity index (χ2v) is 9.92. The molecular formula is C27H31ClN4O2. The second kappa shape index (κ2) is 10.6. The fourth-order valence-electron chi connectivity index (χ4n) is 5.11. The summed E-state index contributed by atoms with van der Waals surface area (Å²) in [6.45, 7) is 7.19. The van der Waals surface area contributed by atoms with E-state index in [2.05, 4.69) is 28.1 Å². The van der Waals surface area contributed by atoms with Gasteiger partial charge < -0.3 is 10.2 Å². The van der Waals surface area contributed by atoms with Crippen LogP contribution in [-0.2, 0) is 11.3 Å². The van der Waals surface area contributed by atoms with Crippen molar-refractivity contribution in [1.82, 2.24) is 9.80 Å². The van der Waals surface area contributed by atoms with E-state index in [1.807, 2.05) is 13.0 Å². The quantitative estimate of drug-likeness (QED) is 0.656. The third-order valence-corrected chi connectivity index (χ3v) is 7.29. The van der Waals surface area contributed by atoms with E-state index < -0.39 is 0 Å². The summed E-state index contributed by atoms with van der Waals surface area (Å²) in [5, 5.41) is 12.6. The van der Waals surface area contributed by atoms with Crippen molar-refractivity contribution < 1.29 is 9.59 Å². The summed E-state index contributed by atoms with van der Waals surface area (Å²) in [7, 11) is 0. The molecule has 1 heterocycles. The van der Waals surface area contributed by atoms with Gasteiger partial charge in [-0.2, -0.15) is 5.26 Å². The molecule has 0 aromatic heterocycles. The smallest absolute Gasteiger partial charge is 0.255 e. The first-order chi connectivity index (χ1) is 16.4.